The smallest absolute Gasteiger partial charge is 0.134 e. The van der Waals surface area contributed by atoms with Gasteiger partial charge in [-0.2, -0.15) is 0 Å². The molecule has 1 fully saturated rings. The number of nitrogens with one attached hydrogen (secondary N) is 2. The fourth-order valence-electron chi connectivity index (χ4n) is 3.01. The highest BCUT2D eigenvalue weighted by Crippen LogP contribution is 2.37. The van der Waals surface area contributed by atoms with Gasteiger partial charge in [0.25, 0.3) is 0 Å². The molecule has 0 atom stereocenters. The summed E-state index contributed by atoms with van der Waals surface area (Å²) in [7, 11) is 0. The predicted octanol–water partition coefficient (Wildman–Crippen LogP) is 4.16. The SMILES string of the molecule is CCCNc1nc(CC)nc(NCC2(C)CCCC2)c1C. The van der Waals surface area contributed by atoms with Crippen LogP contribution in [0.15, 0.2) is 0 Å². The average molecular weight is 290 g/mol. The molecule has 1 saturated carbocycles. The highest BCUT2D eigenvalue weighted by molar-refractivity contribution is 5.57. The second-order valence-corrected chi connectivity index (χ2v) is 6.61. The Morgan fingerprint density at radius 2 is 1.67 bits per heavy atom. The average Bonchev–Trinajstić information content (AvgIpc) is 2.92. The molecular formula is C17H30N4. The van der Waals surface area contributed by atoms with Gasteiger partial charge in [-0.3, -0.25) is 0 Å². The third-order valence-electron chi connectivity index (χ3n) is 4.54. The van der Waals surface area contributed by atoms with Gasteiger partial charge in [-0.05, 0) is 31.6 Å². The van der Waals surface area contributed by atoms with Gasteiger partial charge in [0.1, 0.15) is 17.5 Å². The standard InChI is InChI=1S/C17H30N4/c1-5-11-18-15-13(3)16(21-14(6-2)20-15)19-12-17(4)9-7-8-10-17/h5-12H2,1-4H3,(H2,18,19,20,21). The first-order chi connectivity index (χ1) is 10.1. The Morgan fingerprint density at radius 3 is 2.24 bits per heavy atom. The fourth-order valence-corrected chi connectivity index (χ4v) is 3.01. The summed E-state index contributed by atoms with van der Waals surface area (Å²) in [5.74, 6) is 2.91. The Labute approximate surface area is 129 Å². The first-order valence-corrected chi connectivity index (χ1v) is 8.43. The lowest BCUT2D eigenvalue weighted by Crippen LogP contribution is -2.24. The Kier molecular flexibility index (Phi) is 5.43. The summed E-state index contributed by atoms with van der Waals surface area (Å²) in [5, 5.41) is 7.02. The van der Waals surface area contributed by atoms with Gasteiger partial charge in [0, 0.05) is 25.1 Å². The van der Waals surface area contributed by atoms with Crippen LogP contribution >= 0.6 is 0 Å². The Balaban J connectivity index is 2.13. The van der Waals surface area contributed by atoms with E-state index in [1.54, 1.807) is 0 Å². The van der Waals surface area contributed by atoms with Crippen molar-refractivity contribution in [1.29, 1.82) is 0 Å². The molecule has 0 aliphatic heterocycles. The van der Waals surface area contributed by atoms with E-state index in [-0.39, 0.29) is 0 Å². The van der Waals surface area contributed by atoms with Crippen molar-refractivity contribution < 1.29 is 0 Å². The fraction of sp³-hybridized carbons (Fsp3) is 0.765. The molecular weight excluding hydrogens is 260 g/mol. The lowest BCUT2D eigenvalue weighted by molar-refractivity contribution is 0.361. The first-order valence-electron chi connectivity index (χ1n) is 8.43. The zero-order valence-electron chi connectivity index (χ0n) is 14.1. The van der Waals surface area contributed by atoms with Crippen molar-refractivity contribution in [2.45, 2.75) is 66.2 Å². The second kappa shape index (κ2) is 7.10. The van der Waals surface area contributed by atoms with Crippen LogP contribution in [-0.4, -0.2) is 23.1 Å². The van der Waals surface area contributed by atoms with Crippen LogP contribution in [0, 0.1) is 12.3 Å². The minimum atomic E-state index is 0.431. The van der Waals surface area contributed by atoms with Gasteiger partial charge >= 0.3 is 0 Å². The third-order valence-corrected chi connectivity index (χ3v) is 4.54. The molecule has 2 N–H and O–H groups in total. The zero-order chi connectivity index (χ0) is 15.3. The first kappa shape index (κ1) is 16.1. The van der Waals surface area contributed by atoms with Gasteiger partial charge in [0.05, 0.1) is 0 Å². The minimum Gasteiger partial charge on any atom is -0.370 e. The van der Waals surface area contributed by atoms with Gasteiger partial charge < -0.3 is 10.6 Å². The van der Waals surface area contributed by atoms with Crippen molar-refractivity contribution in [3.8, 4) is 0 Å². The largest absolute Gasteiger partial charge is 0.370 e. The molecule has 4 heteroatoms. The van der Waals surface area contributed by atoms with Crippen molar-refractivity contribution in [3.63, 3.8) is 0 Å². The normalized spacial score (nSPS) is 17.0. The molecule has 0 amide bonds. The maximum atomic E-state index is 4.69. The molecule has 1 aliphatic rings. The van der Waals surface area contributed by atoms with Crippen molar-refractivity contribution in [2.75, 3.05) is 23.7 Å². The van der Waals surface area contributed by atoms with Crippen LogP contribution in [0.4, 0.5) is 11.6 Å². The van der Waals surface area contributed by atoms with Crippen LogP contribution in [0.25, 0.3) is 0 Å². The van der Waals surface area contributed by atoms with Gasteiger partial charge in [-0.25, -0.2) is 9.97 Å². The van der Waals surface area contributed by atoms with Crippen molar-refractivity contribution >= 4 is 11.6 Å². The summed E-state index contributed by atoms with van der Waals surface area (Å²) in [4.78, 5) is 9.31. The molecule has 0 saturated heterocycles. The van der Waals surface area contributed by atoms with E-state index in [2.05, 4.69) is 48.3 Å². The van der Waals surface area contributed by atoms with E-state index in [1.165, 1.54) is 25.7 Å². The molecule has 0 spiro atoms. The van der Waals surface area contributed by atoms with Gasteiger partial charge in [-0.15, -0.1) is 0 Å². The van der Waals surface area contributed by atoms with Crippen molar-refractivity contribution in [3.05, 3.63) is 11.4 Å². The Bertz CT molecular complexity index is 464. The number of hydrogen-bond acceptors (Lipinski definition) is 4. The van der Waals surface area contributed by atoms with Gasteiger partial charge in [0.15, 0.2) is 0 Å². The Hall–Kier alpha value is -1.32. The summed E-state index contributed by atoms with van der Waals surface area (Å²) in [6.07, 6.45) is 7.35. The van der Waals surface area contributed by atoms with E-state index in [0.717, 1.165) is 49.0 Å². The zero-order valence-corrected chi connectivity index (χ0v) is 14.1. The highest BCUT2D eigenvalue weighted by atomic mass is 15.1. The molecule has 0 radical (unpaired) electrons. The quantitative estimate of drug-likeness (QED) is 0.791. The van der Waals surface area contributed by atoms with Crippen molar-refractivity contribution in [1.82, 2.24) is 9.97 Å². The van der Waals surface area contributed by atoms with E-state index in [4.69, 9.17) is 0 Å². The number of aryl methyl sites for hydroxylation is 1. The maximum absolute atomic E-state index is 4.69. The molecule has 1 heterocycles. The van der Waals surface area contributed by atoms with Crippen LogP contribution in [0.3, 0.4) is 0 Å². The van der Waals surface area contributed by atoms with E-state index >= 15 is 0 Å². The maximum Gasteiger partial charge on any atom is 0.134 e. The summed E-state index contributed by atoms with van der Waals surface area (Å²) in [6, 6.07) is 0. The second-order valence-electron chi connectivity index (χ2n) is 6.61. The minimum absolute atomic E-state index is 0.431. The lowest BCUT2D eigenvalue weighted by atomic mass is 9.89. The van der Waals surface area contributed by atoms with E-state index in [1.807, 2.05) is 0 Å². The molecule has 2 rings (SSSR count). The molecule has 0 unspecified atom stereocenters. The molecule has 118 valence electrons. The van der Waals surface area contributed by atoms with Crippen LogP contribution < -0.4 is 10.6 Å². The third kappa shape index (κ3) is 4.08. The molecule has 1 aromatic rings. The number of anilines is 2. The molecule has 21 heavy (non-hydrogen) atoms. The van der Waals surface area contributed by atoms with E-state index in [9.17, 15) is 0 Å². The van der Waals surface area contributed by atoms with Crippen LogP contribution in [0.5, 0.6) is 0 Å². The summed E-state index contributed by atoms with van der Waals surface area (Å²) in [6.45, 7) is 10.7. The van der Waals surface area contributed by atoms with Crippen molar-refractivity contribution in [2.24, 2.45) is 5.41 Å². The monoisotopic (exact) mass is 290 g/mol. The van der Waals surface area contributed by atoms with Crippen LogP contribution in [-0.2, 0) is 6.42 Å². The van der Waals surface area contributed by atoms with Gasteiger partial charge in [-0.1, -0.05) is 33.6 Å². The number of hydrogen-bond donors (Lipinski definition) is 2. The predicted molar refractivity (Wildman–Crippen MR) is 90.0 cm³/mol. The van der Waals surface area contributed by atoms with Crippen LogP contribution in [0.1, 0.15) is 64.3 Å². The van der Waals surface area contributed by atoms with Crippen LogP contribution in [0.2, 0.25) is 0 Å². The molecule has 1 aliphatic carbocycles. The van der Waals surface area contributed by atoms with E-state index in [0.29, 0.717) is 5.41 Å². The molecule has 0 bridgehead atoms. The lowest BCUT2D eigenvalue weighted by Gasteiger charge is -2.25. The van der Waals surface area contributed by atoms with E-state index < -0.39 is 0 Å². The number of aromatic nitrogens is 2. The summed E-state index contributed by atoms with van der Waals surface area (Å²) < 4.78 is 0. The summed E-state index contributed by atoms with van der Waals surface area (Å²) >= 11 is 0. The molecule has 1 aromatic heterocycles. The molecule has 0 aromatic carbocycles. The summed E-state index contributed by atoms with van der Waals surface area (Å²) in [5.41, 5.74) is 1.57. The van der Waals surface area contributed by atoms with Gasteiger partial charge in [0.2, 0.25) is 0 Å². The molecule has 4 nitrogen and oxygen atoms in total. The number of nitrogens with zero attached hydrogens (tertiary/aromatic N) is 2. The highest BCUT2D eigenvalue weighted by Gasteiger charge is 2.28. The Morgan fingerprint density at radius 1 is 1.05 bits per heavy atom. The topological polar surface area (TPSA) is 49.8 Å². The number of rotatable bonds is 7.